The van der Waals surface area contributed by atoms with Gasteiger partial charge in [0.05, 0.1) is 0 Å². The predicted molar refractivity (Wildman–Crippen MR) is 100 cm³/mol. The van der Waals surface area contributed by atoms with Crippen LogP contribution in [0.1, 0.15) is 11.1 Å². The molecule has 0 spiro atoms. The summed E-state index contributed by atoms with van der Waals surface area (Å²) in [6.07, 6.45) is 3.26. The highest BCUT2D eigenvalue weighted by molar-refractivity contribution is 7.98. The van der Waals surface area contributed by atoms with Gasteiger partial charge in [-0.2, -0.15) is 9.36 Å². The first-order valence-electron chi connectivity index (χ1n) is 7.34. The van der Waals surface area contributed by atoms with Crippen LogP contribution in [0.4, 0.5) is 5.13 Å². The first-order valence-corrected chi connectivity index (χ1v) is 9.10. The maximum Gasteiger partial charge on any atom is 0.250 e. The van der Waals surface area contributed by atoms with Crippen molar-refractivity contribution in [3.05, 3.63) is 77.9 Å². The fourth-order valence-electron chi connectivity index (χ4n) is 1.92. The lowest BCUT2D eigenvalue weighted by Crippen LogP contribution is -2.07. The molecule has 3 aromatic rings. The third kappa shape index (κ3) is 5.04. The fraction of sp³-hybridized carbons (Fsp3) is 0.0556. The summed E-state index contributed by atoms with van der Waals surface area (Å²) < 4.78 is 4.26. The van der Waals surface area contributed by atoms with E-state index < -0.39 is 0 Å². The molecule has 1 aromatic heterocycles. The summed E-state index contributed by atoms with van der Waals surface area (Å²) in [6.45, 7) is 0. The maximum atomic E-state index is 11.9. The van der Waals surface area contributed by atoms with Crippen molar-refractivity contribution in [2.24, 2.45) is 0 Å². The van der Waals surface area contributed by atoms with Gasteiger partial charge in [-0.1, -0.05) is 72.4 Å². The van der Waals surface area contributed by atoms with Crippen LogP contribution in [0.15, 0.2) is 71.9 Å². The van der Waals surface area contributed by atoms with E-state index in [1.165, 1.54) is 23.2 Å². The number of hydrogen-bond donors (Lipinski definition) is 1. The highest BCUT2D eigenvalue weighted by atomic mass is 32.2. The minimum absolute atomic E-state index is 0.213. The number of anilines is 1. The molecule has 1 heterocycles. The van der Waals surface area contributed by atoms with Crippen LogP contribution < -0.4 is 5.32 Å². The summed E-state index contributed by atoms with van der Waals surface area (Å²) in [5.74, 6) is 0.591. The van der Waals surface area contributed by atoms with Gasteiger partial charge < -0.3 is 0 Å². The Hall–Kier alpha value is -2.44. The Kier molecular flexibility index (Phi) is 5.76. The molecule has 0 fully saturated rings. The lowest BCUT2D eigenvalue weighted by atomic mass is 10.2. The van der Waals surface area contributed by atoms with Gasteiger partial charge in [0.2, 0.25) is 16.2 Å². The van der Waals surface area contributed by atoms with Crippen LogP contribution in [0.5, 0.6) is 0 Å². The highest BCUT2D eigenvalue weighted by Gasteiger charge is 2.07. The molecule has 0 atom stereocenters. The number of carbonyl (C=O) groups is 1. The Morgan fingerprint density at radius 2 is 1.79 bits per heavy atom. The van der Waals surface area contributed by atoms with Gasteiger partial charge in [-0.15, -0.1) is 0 Å². The van der Waals surface area contributed by atoms with Gasteiger partial charge in [0.1, 0.15) is 0 Å². The van der Waals surface area contributed by atoms with Crippen molar-refractivity contribution in [1.82, 2.24) is 9.36 Å². The van der Waals surface area contributed by atoms with E-state index in [1.807, 2.05) is 48.5 Å². The first-order chi connectivity index (χ1) is 11.8. The zero-order chi connectivity index (χ0) is 16.6. The van der Waals surface area contributed by atoms with Gasteiger partial charge in [0, 0.05) is 23.4 Å². The molecule has 0 saturated heterocycles. The second-order valence-electron chi connectivity index (χ2n) is 4.89. The molecule has 6 heteroatoms. The number of carbonyl (C=O) groups excluding carboxylic acids is 1. The second-order valence-corrected chi connectivity index (χ2v) is 6.58. The van der Waals surface area contributed by atoms with Crippen LogP contribution in [0, 0.1) is 0 Å². The Morgan fingerprint density at radius 1 is 1.08 bits per heavy atom. The van der Waals surface area contributed by atoms with E-state index in [1.54, 1.807) is 17.8 Å². The van der Waals surface area contributed by atoms with Gasteiger partial charge in [-0.3, -0.25) is 10.1 Å². The number of thioether (sulfide) groups is 1. The third-order valence-electron chi connectivity index (χ3n) is 3.08. The molecule has 0 saturated carbocycles. The molecule has 0 aliphatic heterocycles. The van der Waals surface area contributed by atoms with Gasteiger partial charge >= 0.3 is 0 Å². The van der Waals surface area contributed by atoms with Gasteiger partial charge in [-0.25, -0.2) is 0 Å². The largest absolute Gasteiger partial charge is 0.297 e. The number of benzene rings is 2. The quantitative estimate of drug-likeness (QED) is 0.524. The van der Waals surface area contributed by atoms with E-state index >= 15 is 0 Å². The van der Waals surface area contributed by atoms with Crippen LogP contribution in [0.25, 0.3) is 6.08 Å². The zero-order valence-corrected chi connectivity index (χ0v) is 14.4. The Labute approximate surface area is 148 Å². The summed E-state index contributed by atoms with van der Waals surface area (Å²) in [6, 6.07) is 19.8. The highest BCUT2D eigenvalue weighted by Crippen LogP contribution is 2.23. The zero-order valence-electron chi connectivity index (χ0n) is 12.8. The van der Waals surface area contributed by atoms with Crippen LogP contribution in [0.3, 0.4) is 0 Å². The van der Waals surface area contributed by atoms with E-state index in [2.05, 4.69) is 26.8 Å². The standard InChI is InChI=1S/C18H15N3OS2/c22-16(12-11-14-7-3-1-4-8-14)19-17-20-18(21-24-17)23-13-15-9-5-2-6-10-15/h1-12H,13H2,(H,19,20,21,22). The smallest absolute Gasteiger partial charge is 0.250 e. The summed E-state index contributed by atoms with van der Waals surface area (Å²) in [7, 11) is 0. The van der Waals surface area contributed by atoms with Gasteiger partial charge in [-0.05, 0) is 17.2 Å². The van der Waals surface area contributed by atoms with E-state index in [-0.39, 0.29) is 5.91 Å². The number of rotatable bonds is 6. The summed E-state index contributed by atoms with van der Waals surface area (Å²) in [5.41, 5.74) is 2.19. The monoisotopic (exact) mass is 353 g/mol. The fourth-order valence-corrected chi connectivity index (χ4v) is 3.43. The van der Waals surface area contributed by atoms with Crippen molar-refractivity contribution in [3.63, 3.8) is 0 Å². The van der Waals surface area contributed by atoms with E-state index in [4.69, 9.17) is 0 Å². The Morgan fingerprint density at radius 3 is 2.54 bits per heavy atom. The number of amides is 1. The molecule has 2 aromatic carbocycles. The molecule has 4 nitrogen and oxygen atoms in total. The topological polar surface area (TPSA) is 54.9 Å². The van der Waals surface area contributed by atoms with Crippen molar-refractivity contribution in [2.75, 3.05) is 5.32 Å². The predicted octanol–water partition coefficient (Wildman–Crippen LogP) is 4.48. The van der Waals surface area contributed by atoms with Gasteiger partial charge in [0.15, 0.2) is 0 Å². The molecule has 0 aliphatic rings. The Bertz CT molecular complexity index is 817. The summed E-state index contributed by atoms with van der Waals surface area (Å²) in [5, 5.41) is 3.92. The molecule has 1 N–H and O–H groups in total. The van der Waals surface area contributed by atoms with Crippen LogP contribution >= 0.6 is 23.3 Å². The molecule has 3 rings (SSSR count). The van der Waals surface area contributed by atoms with Crippen LogP contribution in [-0.4, -0.2) is 15.3 Å². The van der Waals surface area contributed by atoms with Gasteiger partial charge in [0.25, 0.3) is 0 Å². The average Bonchev–Trinajstić information content (AvgIpc) is 3.07. The van der Waals surface area contributed by atoms with Crippen molar-refractivity contribution in [1.29, 1.82) is 0 Å². The lowest BCUT2D eigenvalue weighted by Gasteiger charge is -1.97. The third-order valence-corrected chi connectivity index (χ3v) is 4.74. The molecular weight excluding hydrogens is 338 g/mol. The van der Waals surface area contributed by atoms with E-state index in [0.29, 0.717) is 10.3 Å². The maximum absolute atomic E-state index is 11.9. The average molecular weight is 353 g/mol. The molecule has 1 amide bonds. The number of nitrogens with one attached hydrogen (secondary N) is 1. The number of nitrogens with zero attached hydrogens (tertiary/aromatic N) is 2. The molecular formula is C18H15N3OS2. The summed E-state index contributed by atoms with van der Waals surface area (Å²) >= 11 is 2.74. The SMILES string of the molecule is O=C(C=Cc1ccccc1)Nc1nc(SCc2ccccc2)ns1. The minimum Gasteiger partial charge on any atom is -0.297 e. The van der Waals surface area contributed by atoms with Crippen LogP contribution in [-0.2, 0) is 10.5 Å². The van der Waals surface area contributed by atoms with Crippen molar-refractivity contribution < 1.29 is 4.79 Å². The van der Waals surface area contributed by atoms with E-state index in [9.17, 15) is 4.79 Å². The van der Waals surface area contributed by atoms with Crippen LogP contribution in [0.2, 0.25) is 0 Å². The molecule has 0 bridgehead atoms. The molecule has 0 unspecified atom stereocenters. The Balaban J connectivity index is 1.52. The van der Waals surface area contributed by atoms with Crippen molar-refractivity contribution in [2.45, 2.75) is 10.9 Å². The van der Waals surface area contributed by atoms with Crippen molar-refractivity contribution >= 4 is 40.4 Å². The molecule has 24 heavy (non-hydrogen) atoms. The minimum atomic E-state index is -0.213. The number of hydrogen-bond acceptors (Lipinski definition) is 5. The second kappa shape index (κ2) is 8.42. The normalized spacial score (nSPS) is 10.8. The van der Waals surface area contributed by atoms with E-state index in [0.717, 1.165) is 11.3 Å². The van der Waals surface area contributed by atoms with Crippen molar-refractivity contribution in [3.8, 4) is 0 Å². The molecule has 120 valence electrons. The first kappa shape index (κ1) is 16.4. The molecule has 0 radical (unpaired) electrons. The summed E-state index contributed by atoms with van der Waals surface area (Å²) in [4.78, 5) is 16.2. The number of aromatic nitrogens is 2. The lowest BCUT2D eigenvalue weighted by molar-refractivity contribution is -0.111. The molecule has 0 aliphatic carbocycles.